The molecule has 0 radical (unpaired) electrons. The smallest absolute Gasteiger partial charge is 0.321 e. The van der Waals surface area contributed by atoms with Crippen molar-refractivity contribution in [1.29, 1.82) is 0 Å². The SMILES string of the molecule is CCOC(=O)C(C(=O)OCC)C1C(=O)Oc2cc(C)ccc21. The number of rotatable bonds is 5. The van der Waals surface area contributed by atoms with Gasteiger partial charge in [-0.25, -0.2) is 0 Å². The molecule has 6 heteroatoms. The van der Waals surface area contributed by atoms with Gasteiger partial charge in [0.1, 0.15) is 11.7 Å². The van der Waals surface area contributed by atoms with E-state index in [1.54, 1.807) is 32.0 Å². The van der Waals surface area contributed by atoms with Crippen LogP contribution in [0.4, 0.5) is 0 Å². The average molecular weight is 306 g/mol. The van der Waals surface area contributed by atoms with Gasteiger partial charge in [0.15, 0.2) is 5.92 Å². The number of aryl methyl sites for hydroxylation is 1. The standard InChI is InChI=1S/C16H18O6/c1-4-20-14(17)13(15(18)21-5-2)12-10-7-6-9(3)8-11(10)22-16(12)19/h6-8,12-13H,4-5H2,1-3H3. The van der Waals surface area contributed by atoms with Crippen LogP contribution in [-0.4, -0.2) is 31.1 Å². The molecule has 0 saturated heterocycles. The minimum atomic E-state index is -1.35. The van der Waals surface area contributed by atoms with E-state index in [0.29, 0.717) is 11.3 Å². The van der Waals surface area contributed by atoms with Gasteiger partial charge in [0, 0.05) is 5.56 Å². The van der Waals surface area contributed by atoms with Gasteiger partial charge in [-0.1, -0.05) is 12.1 Å². The van der Waals surface area contributed by atoms with E-state index >= 15 is 0 Å². The number of fused-ring (bicyclic) bond motifs is 1. The minimum Gasteiger partial charge on any atom is -0.465 e. The van der Waals surface area contributed by atoms with Gasteiger partial charge in [-0.3, -0.25) is 14.4 Å². The van der Waals surface area contributed by atoms with Gasteiger partial charge in [0.25, 0.3) is 0 Å². The predicted octanol–water partition coefficient (Wildman–Crippen LogP) is 1.74. The maximum absolute atomic E-state index is 12.2. The van der Waals surface area contributed by atoms with Gasteiger partial charge in [-0.05, 0) is 32.4 Å². The van der Waals surface area contributed by atoms with Gasteiger partial charge in [-0.15, -0.1) is 0 Å². The van der Waals surface area contributed by atoms with E-state index in [-0.39, 0.29) is 13.2 Å². The van der Waals surface area contributed by atoms with Crippen LogP contribution in [-0.2, 0) is 23.9 Å². The number of hydrogen-bond acceptors (Lipinski definition) is 6. The molecule has 1 atom stereocenters. The molecule has 1 aliphatic heterocycles. The van der Waals surface area contributed by atoms with Crippen molar-refractivity contribution in [2.75, 3.05) is 13.2 Å². The van der Waals surface area contributed by atoms with Gasteiger partial charge < -0.3 is 14.2 Å². The molecule has 6 nitrogen and oxygen atoms in total. The molecule has 1 heterocycles. The molecular formula is C16H18O6. The van der Waals surface area contributed by atoms with E-state index < -0.39 is 29.7 Å². The van der Waals surface area contributed by atoms with Gasteiger partial charge >= 0.3 is 17.9 Å². The zero-order valence-electron chi connectivity index (χ0n) is 12.8. The Labute approximate surface area is 128 Å². The number of benzene rings is 1. The molecule has 0 bridgehead atoms. The quantitative estimate of drug-likeness (QED) is 0.468. The largest absolute Gasteiger partial charge is 0.465 e. The molecule has 2 rings (SSSR count). The lowest BCUT2D eigenvalue weighted by molar-refractivity contribution is -0.165. The molecular weight excluding hydrogens is 288 g/mol. The molecule has 0 spiro atoms. The molecule has 0 fully saturated rings. The summed E-state index contributed by atoms with van der Waals surface area (Å²) in [6.07, 6.45) is 0. The molecule has 0 aromatic heterocycles. The lowest BCUT2D eigenvalue weighted by Gasteiger charge is -2.18. The zero-order chi connectivity index (χ0) is 16.3. The summed E-state index contributed by atoms with van der Waals surface area (Å²) >= 11 is 0. The second kappa shape index (κ2) is 6.60. The van der Waals surface area contributed by atoms with Crippen molar-refractivity contribution in [2.45, 2.75) is 26.7 Å². The summed E-state index contributed by atoms with van der Waals surface area (Å²) in [5, 5.41) is 0. The highest BCUT2D eigenvalue weighted by Gasteiger charge is 2.48. The third-order valence-electron chi connectivity index (χ3n) is 3.38. The highest BCUT2D eigenvalue weighted by Crippen LogP contribution is 2.40. The van der Waals surface area contributed by atoms with Crippen LogP contribution in [0, 0.1) is 12.8 Å². The summed E-state index contributed by atoms with van der Waals surface area (Å²) in [6, 6.07) is 5.17. The summed E-state index contributed by atoms with van der Waals surface area (Å²) in [4.78, 5) is 36.4. The molecule has 118 valence electrons. The van der Waals surface area contributed by atoms with Crippen LogP contribution >= 0.6 is 0 Å². The molecule has 0 aliphatic carbocycles. The molecule has 1 aromatic rings. The summed E-state index contributed by atoms with van der Waals surface area (Å²) < 4.78 is 15.0. The van der Waals surface area contributed by atoms with Crippen LogP contribution in [0.3, 0.4) is 0 Å². The predicted molar refractivity (Wildman–Crippen MR) is 76.3 cm³/mol. The third kappa shape index (κ3) is 2.95. The Bertz CT molecular complexity index is 589. The van der Waals surface area contributed by atoms with E-state index in [1.807, 2.05) is 6.92 Å². The lowest BCUT2D eigenvalue weighted by atomic mass is 9.86. The number of esters is 3. The van der Waals surface area contributed by atoms with Crippen LogP contribution in [0.5, 0.6) is 5.75 Å². The summed E-state index contributed by atoms with van der Waals surface area (Å²) in [6.45, 7) is 5.33. The Hall–Kier alpha value is -2.37. The molecule has 0 amide bonds. The van der Waals surface area contributed by atoms with Crippen LogP contribution in [0.25, 0.3) is 0 Å². The Balaban J connectivity index is 2.41. The van der Waals surface area contributed by atoms with Gasteiger partial charge in [0.2, 0.25) is 0 Å². The normalized spacial score (nSPS) is 16.2. The summed E-state index contributed by atoms with van der Waals surface area (Å²) in [5.41, 5.74) is 1.41. The van der Waals surface area contributed by atoms with E-state index in [1.165, 1.54) is 0 Å². The molecule has 1 aromatic carbocycles. The Morgan fingerprint density at radius 1 is 1.18 bits per heavy atom. The Morgan fingerprint density at radius 2 is 1.77 bits per heavy atom. The number of hydrogen-bond donors (Lipinski definition) is 0. The second-order valence-electron chi connectivity index (χ2n) is 4.92. The molecule has 22 heavy (non-hydrogen) atoms. The maximum atomic E-state index is 12.2. The Kier molecular flexibility index (Phi) is 4.80. The summed E-state index contributed by atoms with van der Waals surface area (Å²) in [5.74, 6) is -4.22. The average Bonchev–Trinajstić information content (AvgIpc) is 2.75. The first-order valence-corrected chi connectivity index (χ1v) is 7.15. The zero-order valence-corrected chi connectivity index (χ0v) is 12.8. The van der Waals surface area contributed by atoms with Crippen molar-refractivity contribution in [2.24, 2.45) is 5.92 Å². The van der Waals surface area contributed by atoms with Crippen molar-refractivity contribution < 1.29 is 28.6 Å². The monoisotopic (exact) mass is 306 g/mol. The van der Waals surface area contributed by atoms with Crippen molar-refractivity contribution >= 4 is 17.9 Å². The molecule has 0 N–H and O–H groups in total. The lowest BCUT2D eigenvalue weighted by Crippen LogP contribution is -2.36. The first kappa shape index (κ1) is 16.0. The van der Waals surface area contributed by atoms with Crippen LogP contribution in [0.15, 0.2) is 18.2 Å². The minimum absolute atomic E-state index is 0.108. The van der Waals surface area contributed by atoms with Gasteiger partial charge in [0.05, 0.1) is 13.2 Å². The first-order chi connectivity index (χ1) is 10.5. The third-order valence-corrected chi connectivity index (χ3v) is 3.38. The van der Waals surface area contributed by atoms with Crippen LogP contribution < -0.4 is 4.74 Å². The fraction of sp³-hybridized carbons (Fsp3) is 0.438. The van der Waals surface area contributed by atoms with Crippen molar-refractivity contribution in [3.8, 4) is 5.75 Å². The fourth-order valence-corrected chi connectivity index (χ4v) is 2.43. The van der Waals surface area contributed by atoms with Crippen LogP contribution in [0.2, 0.25) is 0 Å². The van der Waals surface area contributed by atoms with Crippen molar-refractivity contribution in [3.05, 3.63) is 29.3 Å². The van der Waals surface area contributed by atoms with Crippen molar-refractivity contribution in [3.63, 3.8) is 0 Å². The second-order valence-corrected chi connectivity index (χ2v) is 4.92. The van der Waals surface area contributed by atoms with Crippen molar-refractivity contribution in [1.82, 2.24) is 0 Å². The van der Waals surface area contributed by atoms with E-state index in [0.717, 1.165) is 5.56 Å². The molecule has 1 unspecified atom stereocenters. The highest BCUT2D eigenvalue weighted by atomic mass is 16.6. The molecule has 0 saturated carbocycles. The fourth-order valence-electron chi connectivity index (χ4n) is 2.43. The maximum Gasteiger partial charge on any atom is 0.321 e. The molecule has 1 aliphatic rings. The van der Waals surface area contributed by atoms with Gasteiger partial charge in [-0.2, -0.15) is 0 Å². The Morgan fingerprint density at radius 3 is 2.32 bits per heavy atom. The van der Waals surface area contributed by atoms with E-state index in [4.69, 9.17) is 14.2 Å². The van der Waals surface area contributed by atoms with Crippen LogP contribution in [0.1, 0.15) is 30.9 Å². The number of ether oxygens (including phenoxy) is 3. The first-order valence-electron chi connectivity index (χ1n) is 7.15. The highest BCUT2D eigenvalue weighted by molar-refractivity contribution is 6.03. The number of carbonyl (C=O) groups excluding carboxylic acids is 3. The van der Waals surface area contributed by atoms with E-state index in [2.05, 4.69) is 0 Å². The van der Waals surface area contributed by atoms with E-state index in [9.17, 15) is 14.4 Å². The summed E-state index contributed by atoms with van der Waals surface area (Å²) in [7, 11) is 0. The number of carbonyl (C=O) groups is 3. The topological polar surface area (TPSA) is 78.9 Å².